The third-order valence-electron chi connectivity index (χ3n) is 2.47. The molecule has 1 amide bonds. The summed E-state index contributed by atoms with van der Waals surface area (Å²) in [5.41, 5.74) is 5.24. The monoisotopic (exact) mass is 175 g/mol. The van der Waals surface area contributed by atoms with Gasteiger partial charge in [-0.15, -0.1) is 11.6 Å². The van der Waals surface area contributed by atoms with E-state index < -0.39 is 0 Å². The minimum Gasteiger partial charge on any atom is -0.369 e. The van der Waals surface area contributed by atoms with E-state index in [9.17, 15) is 4.79 Å². The van der Waals surface area contributed by atoms with Crippen molar-refractivity contribution >= 4 is 17.5 Å². The Morgan fingerprint density at radius 2 is 2.09 bits per heavy atom. The van der Waals surface area contributed by atoms with Crippen molar-refractivity contribution in [2.45, 2.75) is 25.7 Å². The minimum atomic E-state index is -0.171. The van der Waals surface area contributed by atoms with Gasteiger partial charge in [0, 0.05) is 11.8 Å². The Balaban J connectivity index is 2.51. The highest BCUT2D eigenvalue weighted by molar-refractivity contribution is 6.18. The molecule has 1 saturated carbocycles. The molecular weight excluding hydrogens is 162 g/mol. The van der Waals surface area contributed by atoms with Gasteiger partial charge >= 0.3 is 0 Å². The van der Waals surface area contributed by atoms with Crippen LogP contribution >= 0.6 is 11.6 Å². The summed E-state index contributed by atoms with van der Waals surface area (Å²) in [7, 11) is 0. The fourth-order valence-electron chi connectivity index (χ4n) is 1.77. The second-order valence-electron chi connectivity index (χ2n) is 3.21. The Kier molecular flexibility index (Phi) is 3.18. The summed E-state index contributed by atoms with van der Waals surface area (Å²) in [6, 6.07) is 0. The second-order valence-corrected chi connectivity index (χ2v) is 3.52. The molecule has 0 heterocycles. The van der Waals surface area contributed by atoms with Crippen LogP contribution in [0.15, 0.2) is 0 Å². The zero-order chi connectivity index (χ0) is 8.27. The van der Waals surface area contributed by atoms with Gasteiger partial charge in [-0.25, -0.2) is 0 Å². The first-order chi connectivity index (χ1) is 5.25. The van der Waals surface area contributed by atoms with Gasteiger partial charge in [-0.3, -0.25) is 4.79 Å². The van der Waals surface area contributed by atoms with Crippen LogP contribution in [0.25, 0.3) is 0 Å². The molecule has 0 aromatic rings. The number of amides is 1. The lowest BCUT2D eigenvalue weighted by molar-refractivity contribution is -0.124. The maximum atomic E-state index is 10.9. The first kappa shape index (κ1) is 8.85. The van der Waals surface area contributed by atoms with Crippen LogP contribution in [0, 0.1) is 11.8 Å². The molecule has 0 aliphatic heterocycles. The summed E-state index contributed by atoms with van der Waals surface area (Å²) in [6.07, 6.45) is 4.33. The van der Waals surface area contributed by atoms with Crippen molar-refractivity contribution in [3.63, 3.8) is 0 Å². The Morgan fingerprint density at radius 1 is 1.45 bits per heavy atom. The van der Waals surface area contributed by atoms with Crippen molar-refractivity contribution in [2.24, 2.45) is 17.6 Å². The average Bonchev–Trinajstić information content (AvgIpc) is 2.04. The van der Waals surface area contributed by atoms with Crippen molar-refractivity contribution in [1.29, 1.82) is 0 Å². The molecule has 64 valence electrons. The van der Waals surface area contributed by atoms with E-state index in [2.05, 4.69) is 0 Å². The molecule has 1 aliphatic rings. The third-order valence-corrected chi connectivity index (χ3v) is 2.87. The molecule has 0 spiro atoms. The van der Waals surface area contributed by atoms with Crippen LogP contribution in [0.2, 0.25) is 0 Å². The molecule has 1 aliphatic carbocycles. The number of primary amides is 1. The molecule has 1 fully saturated rings. The van der Waals surface area contributed by atoms with Gasteiger partial charge in [-0.2, -0.15) is 0 Å². The van der Waals surface area contributed by atoms with Gasteiger partial charge in [0.15, 0.2) is 0 Å². The number of rotatable bonds is 2. The number of hydrogen-bond acceptors (Lipinski definition) is 1. The van der Waals surface area contributed by atoms with Gasteiger partial charge in [0.2, 0.25) is 5.91 Å². The van der Waals surface area contributed by atoms with Gasteiger partial charge < -0.3 is 5.73 Å². The second kappa shape index (κ2) is 3.96. The lowest BCUT2D eigenvalue weighted by atomic mass is 9.80. The van der Waals surface area contributed by atoms with E-state index in [0.717, 1.165) is 19.3 Å². The normalized spacial score (nSPS) is 31.7. The first-order valence-corrected chi connectivity index (χ1v) is 4.64. The maximum Gasteiger partial charge on any atom is 0.220 e. The Labute approximate surface area is 72.1 Å². The van der Waals surface area contributed by atoms with Gasteiger partial charge in [-0.1, -0.05) is 12.8 Å². The van der Waals surface area contributed by atoms with Gasteiger partial charge in [0.1, 0.15) is 0 Å². The summed E-state index contributed by atoms with van der Waals surface area (Å²) in [4.78, 5) is 10.9. The highest BCUT2D eigenvalue weighted by Crippen LogP contribution is 2.30. The molecule has 0 bridgehead atoms. The molecule has 2 N–H and O–H groups in total. The lowest BCUT2D eigenvalue weighted by Gasteiger charge is -2.27. The molecule has 11 heavy (non-hydrogen) atoms. The highest BCUT2D eigenvalue weighted by atomic mass is 35.5. The summed E-state index contributed by atoms with van der Waals surface area (Å²) < 4.78 is 0. The number of nitrogens with two attached hydrogens (primary N) is 1. The third kappa shape index (κ3) is 2.09. The van der Waals surface area contributed by atoms with E-state index in [1.165, 1.54) is 6.42 Å². The fraction of sp³-hybridized carbons (Fsp3) is 0.875. The number of carbonyl (C=O) groups is 1. The highest BCUT2D eigenvalue weighted by Gasteiger charge is 2.28. The van der Waals surface area contributed by atoms with Crippen molar-refractivity contribution in [3.05, 3.63) is 0 Å². The van der Waals surface area contributed by atoms with Crippen LogP contribution in [-0.2, 0) is 4.79 Å². The van der Waals surface area contributed by atoms with Crippen molar-refractivity contribution in [2.75, 3.05) is 5.88 Å². The first-order valence-electron chi connectivity index (χ1n) is 4.11. The number of halogens is 1. The molecule has 2 nitrogen and oxygen atoms in total. The van der Waals surface area contributed by atoms with Crippen molar-refractivity contribution < 1.29 is 4.79 Å². The SMILES string of the molecule is NC(=O)[C@H]1CCCC[C@@H]1CCl. The van der Waals surface area contributed by atoms with Crippen LogP contribution < -0.4 is 5.73 Å². The molecule has 0 saturated heterocycles. The topological polar surface area (TPSA) is 43.1 Å². The molecular formula is C8H14ClNO. The van der Waals surface area contributed by atoms with E-state index in [1.54, 1.807) is 0 Å². The van der Waals surface area contributed by atoms with E-state index in [0.29, 0.717) is 11.8 Å². The quantitative estimate of drug-likeness (QED) is 0.636. The summed E-state index contributed by atoms with van der Waals surface area (Å²) >= 11 is 5.71. The lowest BCUT2D eigenvalue weighted by Crippen LogP contribution is -2.33. The van der Waals surface area contributed by atoms with Crippen LogP contribution in [0.4, 0.5) is 0 Å². The van der Waals surface area contributed by atoms with E-state index in [1.807, 2.05) is 0 Å². The molecule has 2 atom stereocenters. The van der Waals surface area contributed by atoms with Crippen LogP contribution in [0.5, 0.6) is 0 Å². The molecule has 3 heteroatoms. The maximum absolute atomic E-state index is 10.9. The summed E-state index contributed by atoms with van der Waals surface area (Å²) in [6.45, 7) is 0. The van der Waals surface area contributed by atoms with E-state index in [-0.39, 0.29) is 11.8 Å². The Hall–Kier alpha value is -0.240. The zero-order valence-electron chi connectivity index (χ0n) is 6.55. The Bertz CT molecular complexity index is 149. The average molecular weight is 176 g/mol. The van der Waals surface area contributed by atoms with E-state index in [4.69, 9.17) is 17.3 Å². The summed E-state index contributed by atoms with van der Waals surface area (Å²) in [5.74, 6) is 0.785. The predicted molar refractivity (Wildman–Crippen MR) is 45.4 cm³/mol. The van der Waals surface area contributed by atoms with Crippen LogP contribution in [0.1, 0.15) is 25.7 Å². The standard InChI is InChI=1S/C8H14ClNO/c9-5-6-3-1-2-4-7(6)8(10)11/h6-7H,1-5H2,(H2,10,11)/t6-,7+/m1/s1. The van der Waals surface area contributed by atoms with Gasteiger partial charge in [0.25, 0.3) is 0 Å². The minimum absolute atomic E-state index is 0.0428. The molecule has 0 unspecified atom stereocenters. The van der Waals surface area contributed by atoms with Crippen LogP contribution in [-0.4, -0.2) is 11.8 Å². The number of hydrogen-bond donors (Lipinski definition) is 1. The molecule has 0 radical (unpaired) electrons. The van der Waals surface area contributed by atoms with Crippen LogP contribution in [0.3, 0.4) is 0 Å². The fourth-order valence-corrected chi connectivity index (χ4v) is 2.14. The smallest absolute Gasteiger partial charge is 0.220 e. The molecule has 1 rings (SSSR count). The summed E-state index contributed by atoms with van der Waals surface area (Å²) in [5, 5.41) is 0. The van der Waals surface area contributed by atoms with Gasteiger partial charge in [-0.05, 0) is 18.8 Å². The number of carbonyl (C=O) groups excluding carboxylic acids is 1. The van der Waals surface area contributed by atoms with Gasteiger partial charge in [0.05, 0.1) is 0 Å². The predicted octanol–water partition coefficient (Wildman–Crippen LogP) is 1.52. The molecule has 0 aromatic heterocycles. The van der Waals surface area contributed by atoms with Crippen molar-refractivity contribution in [3.8, 4) is 0 Å². The largest absolute Gasteiger partial charge is 0.369 e. The molecule has 0 aromatic carbocycles. The van der Waals surface area contributed by atoms with E-state index >= 15 is 0 Å². The Morgan fingerprint density at radius 3 is 2.55 bits per heavy atom. The number of alkyl halides is 1. The van der Waals surface area contributed by atoms with Crippen molar-refractivity contribution in [1.82, 2.24) is 0 Å². The zero-order valence-corrected chi connectivity index (χ0v) is 7.31.